The summed E-state index contributed by atoms with van der Waals surface area (Å²) in [5, 5.41) is 0.562. The molecule has 0 unspecified atom stereocenters. The SMILES string of the molecule is COc1cc(OC)c(C2CCN(C)CC2)c2c1C(=O)/C(=C\c1ccccc1Cl)O2. The zero-order valence-electron chi connectivity index (χ0n) is 16.8. The van der Waals surface area contributed by atoms with Crippen molar-refractivity contribution >= 4 is 23.5 Å². The molecule has 6 heteroatoms. The van der Waals surface area contributed by atoms with Crippen molar-refractivity contribution in [1.82, 2.24) is 4.90 Å². The summed E-state index contributed by atoms with van der Waals surface area (Å²) in [5.41, 5.74) is 2.14. The van der Waals surface area contributed by atoms with Gasteiger partial charge in [0.2, 0.25) is 5.78 Å². The third-order valence-electron chi connectivity index (χ3n) is 5.67. The number of rotatable bonds is 4. The van der Waals surface area contributed by atoms with E-state index in [2.05, 4.69) is 11.9 Å². The summed E-state index contributed by atoms with van der Waals surface area (Å²) in [6, 6.07) is 9.16. The van der Waals surface area contributed by atoms with Gasteiger partial charge in [0, 0.05) is 16.7 Å². The number of nitrogens with zero attached hydrogens (tertiary/aromatic N) is 1. The van der Waals surface area contributed by atoms with E-state index in [4.69, 9.17) is 25.8 Å². The van der Waals surface area contributed by atoms with Crippen LogP contribution in [-0.2, 0) is 0 Å². The molecule has 2 heterocycles. The van der Waals surface area contributed by atoms with Gasteiger partial charge in [-0.15, -0.1) is 0 Å². The molecular weight excluding hydrogens is 390 g/mol. The molecule has 0 spiro atoms. The number of fused-ring (bicyclic) bond motifs is 1. The highest BCUT2D eigenvalue weighted by Crippen LogP contribution is 2.50. The summed E-state index contributed by atoms with van der Waals surface area (Å²) in [4.78, 5) is 15.5. The van der Waals surface area contributed by atoms with E-state index in [0.29, 0.717) is 27.8 Å². The quantitative estimate of drug-likeness (QED) is 0.675. The molecule has 0 aliphatic carbocycles. The molecule has 0 N–H and O–H groups in total. The number of methoxy groups -OCH3 is 2. The van der Waals surface area contributed by atoms with Gasteiger partial charge in [-0.3, -0.25) is 4.79 Å². The average Bonchev–Trinajstić information content (AvgIpc) is 3.05. The standard InChI is InChI=1S/C23H24ClNO4/c1-25-10-8-14(9-11-25)20-17(27-2)13-18(28-3)21-22(26)19(29-23(20)21)12-15-6-4-5-7-16(15)24/h4-7,12-14H,8-11H2,1-3H3/b19-12+. The van der Waals surface area contributed by atoms with E-state index in [-0.39, 0.29) is 17.5 Å². The van der Waals surface area contributed by atoms with E-state index in [1.807, 2.05) is 18.2 Å². The van der Waals surface area contributed by atoms with Crippen molar-refractivity contribution < 1.29 is 19.0 Å². The first-order valence-electron chi connectivity index (χ1n) is 9.69. The topological polar surface area (TPSA) is 48.0 Å². The average molecular weight is 414 g/mol. The second-order valence-corrected chi connectivity index (χ2v) is 7.84. The lowest BCUT2D eigenvalue weighted by atomic mass is 9.86. The van der Waals surface area contributed by atoms with Gasteiger partial charge in [0.1, 0.15) is 22.8 Å². The summed E-state index contributed by atoms with van der Waals surface area (Å²) in [5.74, 6) is 2.01. The highest BCUT2D eigenvalue weighted by Gasteiger charge is 2.38. The predicted octanol–water partition coefficient (Wildman–Crippen LogP) is 4.78. The highest BCUT2D eigenvalue weighted by molar-refractivity contribution is 6.32. The Morgan fingerprint density at radius 2 is 1.83 bits per heavy atom. The van der Waals surface area contributed by atoms with Gasteiger partial charge < -0.3 is 19.1 Å². The number of carbonyl (C=O) groups excluding carboxylic acids is 1. The summed E-state index contributed by atoms with van der Waals surface area (Å²) in [6.07, 6.45) is 3.65. The normalized spacial score (nSPS) is 18.6. The molecule has 0 amide bonds. The zero-order valence-corrected chi connectivity index (χ0v) is 17.6. The zero-order chi connectivity index (χ0) is 20.5. The number of hydrogen-bond donors (Lipinski definition) is 0. The summed E-state index contributed by atoms with van der Waals surface area (Å²) in [6.45, 7) is 1.98. The van der Waals surface area contributed by atoms with Crippen LogP contribution in [0.4, 0.5) is 0 Å². The van der Waals surface area contributed by atoms with E-state index in [1.165, 1.54) is 0 Å². The van der Waals surface area contributed by atoms with Gasteiger partial charge in [0.05, 0.1) is 14.2 Å². The second-order valence-electron chi connectivity index (χ2n) is 7.44. The molecule has 0 saturated carbocycles. The van der Waals surface area contributed by atoms with Crippen molar-refractivity contribution in [2.75, 3.05) is 34.4 Å². The predicted molar refractivity (Wildman–Crippen MR) is 113 cm³/mol. The van der Waals surface area contributed by atoms with Crippen LogP contribution in [0.3, 0.4) is 0 Å². The first kappa shape index (κ1) is 19.8. The maximum absolute atomic E-state index is 13.2. The molecule has 0 atom stereocenters. The molecule has 5 nitrogen and oxygen atoms in total. The summed E-state index contributed by atoms with van der Waals surface area (Å²) in [7, 11) is 5.31. The number of Topliss-reactive ketones (excluding diaryl/α,β-unsaturated/α-hetero) is 1. The fraction of sp³-hybridized carbons (Fsp3) is 0.348. The van der Waals surface area contributed by atoms with Crippen molar-refractivity contribution in [3.05, 3.63) is 57.8 Å². The lowest BCUT2D eigenvalue weighted by molar-refractivity contribution is 0.101. The Kier molecular flexibility index (Phi) is 5.52. The van der Waals surface area contributed by atoms with Gasteiger partial charge in [-0.05, 0) is 56.6 Å². The number of benzene rings is 2. The van der Waals surface area contributed by atoms with Gasteiger partial charge in [0.15, 0.2) is 5.76 Å². The Balaban J connectivity index is 1.82. The minimum Gasteiger partial charge on any atom is -0.496 e. The lowest BCUT2D eigenvalue weighted by Crippen LogP contribution is -2.29. The van der Waals surface area contributed by atoms with Crippen molar-refractivity contribution in [3.63, 3.8) is 0 Å². The maximum Gasteiger partial charge on any atom is 0.235 e. The molecule has 152 valence electrons. The number of carbonyl (C=O) groups is 1. The number of halogens is 1. The number of hydrogen-bond acceptors (Lipinski definition) is 5. The van der Waals surface area contributed by atoms with Crippen LogP contribution in [0.5, 0.6) is 17.2 Å². The highest BCUT2D eigenvalue weighted by atomic mass is 35.5. The Morgan fingerprint density at radius 1 is 1.14 bits per heavy atom. The molecule has 2 aliphatic rings. The molecule has 2 aromatic rings. The second kappa shape index (κ2) is 8.09. The molecule has 0 bridgehead atoms. The molecule has 0 radical (unpaired) electrons. The van der Waals surface area contributed by atoms with Crippen molar-refractivity contribution in [2.24, 2.45) is 0 Å². The van der Waals surface area contributed by atoms with Gasteiger partial charge >= 0.3 is 0 Å². The Morgan fingerprint density at radius 3 is 2.48 bits per heavy atom. The number of likely N-dealkylation sites (tertiary alicyclic amines) is 1. The van der Waals surface area contributed by atoms with Gasteiger partial charge in [0.25, 0.3) is 0 Å². The molecular formula is C23H24ClNO4. The van der Waals surface area contributed by atoms with Crippen LogP contribution < -0.4 is 14.2 Å². The van der Waals surface area contributed by atoms with Gasteiger partial charge in [-0.2, -0.15) is 0 Å². The fourth-order valence-electron chi connectivity index (χ4n) is 4.07. The van der Waals surface area contributed by atoms with Gasteiger partial charge in [-0.25, -0.2) is 0 Å². The van der Waals surface area contributed by atoms with E-state index >= 15 is 0 Å². The maximum atomic E-state index is 13.2. The van der Waals surface area contributed by atoms with Crippen LogP contribution in [0.1, 0.15) is 40.2 Å². The third-order valence-corrected chi connectivity index (χ3v) is 6.01. The summed E-state index contributed by atoms with van der Waals surface area (Å²) < 4.78 is 17.3. The first-order chi connectivity index (χ1) is 14.0. The van der Waals surface area contributed by atoms with Crippen LogP contribution in [0.15, 0.2) is 36.1 Å². The number of piperidine rings is 1. The van der Waals surface area contributed by atoms with Crippen LogP contribution in [0.2, 0.25) is 5.02 Å². The molecule has 2 aliphatic heterocycles. The van der Waals surface area contributed by atoms with Crippen molar-refractivity contribution in [3.8, 4) is 17.2 Å². The Hall–Kier alpha value is -2.50. The minimum absolute atomic E-state index is 0.200. The van der Waals surface area contributed by atoms with Crippen LogP contribution in [-0.4, -0.2) is 45.0 Å². The molecule has 1 fully saturated rings. The largest absolute Gasteiger partial charge is 0.496 e. The monoisotopic (exact) mass is 413 g/mol. The molecule has 0 aromatic heterocycles. The van der Waals surface area contributed by atoms with Crippen molar-refractivity contribution in [2.45, 2.75) is 18.8 Å². The fourth-order valence-corrected chi connectivity index (χ4v) is 4.26. The van der Waals surface area contributed by atoms with E-state index in [9.17, 15) is 4.79 Å². The summed E-state index contributed by atoms with van der Waals surface area (Å²) >= 11 is 6.27. The van der Waals surface area contributed by atoms with E-state index in [0.717, 1.165) is 37.1 Å². The molecule has 4 rings (SSSR count). The number of ketones is 1. The van der Waals surface area contributed by atoms with E-state index in [1.54, 1.807) is 32.4 Å². The van der Waals surface area contributed by atoms with Crippen LogP contribution in [0, 0.1) is 0 Å². The third kappa shape index (κ3) is 3.61. The molecule has 29 heavy (non-hydrogen) atoms. The molecule has 1 saturated heterocycles. The minimum atomic E-state index is -0.200. The van der Waals surface area contributed by atoms with Crippen LogP contribution >= 0.6 is 11.6 Å². The smallest absolute Gasteiger partial charge is 0.235 e. The van der Waals surface area contributed by atoms with Crippen molar-refractivity contribution in [1.29, 1.82) is 0 Å². The lowest BCUT2D eigenvalue weighted by Gasteiger charge is -2.30. The number of allylic oxidation sites excluding steroid dienone is 1. The van der Waals surface area contributed by atoms with E-state index < -0.39 is 0 Å². The first-order valence-corrected chi connectivity index (χ1v) is 10.1. The Labute approximate surface area is 175 Å². The number of ether oxygens (including phenoxy) is 3. The van der Waals surface area contributed by atoms with Crippen LogP contribution in [0.25, 0.3) is 6.08 Å². The van der Waals surface area contributed by atoms with Gasteiger partial charge in [-0.1, -0.05) is 29.8 Å². The Bertz CT molecular complexity index is 977. The molecule has 2 aromatic carbocycles.